The van der Waals surface area contributed by atoms with E-state index in [2.05, 4.69) is 39.6 Å². The summed E-state index contributed by atoms with van der Waals surface area (Å²) < 4.78 is 1.82. The highest BCUT2D eigenvalue weighted by Crippen LogP contribution is 2.20. The van der Waals surface area contributed by atoms with Crippen LogP contribution in [0.3, 0.4) is 0 Å². The van der Waals surface area contributed by atoms with Gasteiger partial charge in [0.1, 0.15) is 0 Å². The molecule has 5 heteroatoms. The Morgan fingerprint density at radius 2 is 1.89 bits per heavy atom. The van der Waals surface area contributed by atoms with E-state index in [1.54, 1.807) is 6.20 Å². The fourth-order valence-electron chi connectivity index (χ4n) is 3.54. The summed E-state index contributed by atoms with van der Waals surface area (Å²) in [6, 6.07) is 18.3. The van der Waals surface area contributed by atoms with E-state index in [9.17, 15) is 4.79 Å². The van der Waals surface area contributed by atoms with Gasteiger partial charge in [0.05, 0.1) is 11.7 Å². The van der Waals surface area contributed by atoms with Crippen molar-refractivity contribution in [3.8, 4) is 5.69 Å². The van der Waals surface area contributed by atoms with Crippen molar-refractivity contribution in [1.29, 1.82) is 0 Å². The molecule has 3 aromatic rings. The number of carbonyl (C=O) groups is 1. The molecule has 1 atom stereocenters. The number of rotatable bonds is 5. The number of carbonyl (C=O) groups excluding carboxylic acids is 1. The number of benzene rings is 2. The molecule has 1 N–H and O–H groups in total. The van der Waals surface area contributed by atoms with E-state index >= 15 is 0 Å². The van der Waals surface area contributed by atoms with Gasteiger partial charge in [-0.2, -0.15) is 5.10 Å². The van der Waals surface area contributed by atoms with Crippen LogP contribution in [-0.2, 0) is 24.3 Å². The molecule has 1 aliphatic heterocycles. The van der Waals surface area contributed by atoms with Crippen molar-refractivity contribution in [2.75, 3.05) is 6.54 Å². The first-order valence-corrected chi connectivity index (χ1v) is 9.38. The Morgan fingerprint density at radius 1 is 1.11 bits per heavy atom. The van der Waals surface area contributed by atoms with Crippen LogP contribution in [0.2, 0.25) is 0 Å². The third kappa shape index (κ3) is 3.93. The van der Waals surface area contributed by atoms with Crippen molar-refractivity contribution < 1.29 is 4.79 Å². The summed E-state index contributed by atoms with van der Waals surface area (Å²) in [6.45, 7) is 4.28. The quantitative estimate of drug-likeness (QED) is 0.761. The monoisotopic (exact) mass is 360 g/mol. The minimum atomic E-state index is -0.137. The molecule has 1 aromatic heterocycles. The smallest absolute Gasteiger partial charge is 0.237 e. The molecule has 0 bridgehead atoms. The van der Waals surface area contributed by atoms with E-state index in [4.69, 9.17) is 0 Å². The van der Waals surface area contributed by atoms with Gasteiger partial charge in [0.25, 0.3) is 0 Å². The van der Waals surface area contributed by atoms with Crippen molar-refractivity contribution in [2.45, 2.75) is 32.5 Å². The highest BCUT2D eigenvalue weighted by Gasteiger charge is 2.24. The summed E-state index contributed by atoms with van der Waals surface area (Å²) in [7, 11) is 0. The van der Waals surface area contributed by atoms with Crippen LogP contribution in [0.15, 0.2) is 67.0 Å². The first kappa shape index (κ1) is 17.5. The van der Waals surface area contributed by atoms with Crippen molar-refractivity contribution in [3.05, 3.63) is 83.7 Å². The lowest BCUT2D eigenvalue weighted by atomic mass is 9.99. The molecule has 0 fully saturated rings. The molecule has 0 spiro atoms. The van der Waals surface area contributed by atoms with Crippen LogP contribution in [0.5, 0.6) is 0 Å². The summed E-state index contributed by atoms with van der Waals surface area (Å²) in [4.78, 5) is 14.9. The van der Waals surface area contributed by atoms with E-state index in [1.807, 2.05) is 48.1 Å². The molecule has 1 aliphatic rings. The van der Waals surface area contributed by atoms with E-state index < -0.39 is 0 Å². The van der Waals surface area contributed by atoms with Gasteiger partial charge in [-0.05, 0) is 48.2 Å². The number of amides is 1. The van der Waals surface area contributed by atoms with Crippen LogP contribution >= 0.6 is 0 Å². The Balaban J connectivity index is 1.33. The lowest BCUT2D eigenvalue weighted by Crippen LogP contribution is -2.46. The van der Waals surface area contributed by atoms with Gasteiger partial charge in [0.2, 0.25) is 5.91 Å². The molecule has 2 aromatic carbocycles. The fourth-order valence-corrected chi connectivity index (χ4v) is 3.54. The standard InChI is InChI=1S/C22H24N4O/c1-17(25-14-11-19-5-2-3-6-20(19)16-25)22(27)23-15-18-7-9-21(10-8-18)26-13-4-12-24-26/h2-10,12-13,17H,11,14-16H2,1H3,(H,23,27)/t17-/m0/s1. The Bertz CT molecular complexity index is 902. The Hall–Kier alpha value is -2.92. The normalized spacial score (nSPS) is 15.1. The highest BCUT2D eigenvalue weighted by atomic mass is 16.2. The van der Waals surface area contributed by atoms with Crippen molar-refractivity contribution >= 4 is 5.91 Å². The lowest BCUT2D eigenvalue weighted by Gasteiger charge is -2.32. The number of hydrogen-bond donors (Lipinski definition) is 1. The minimum absolute atomic E-state index is 0.0746. The summed E-state index contributed by atoms with van der Waals surface area (Å²) in [5.74, 6) is 0.0746. The minimum Gasteiger partial charge on any atom is -0.351 e. The Morgan fingerprint density at radius 3 is 2.63 bits per heavy atom. The molecule has 4 rings (SSSR count). The first-order valence-electron chi connectivity index (χ1n) is 9.38. The molecule has 0 radical (unpaired) electrons. The zero-order valence-corrected chi connectivity index (χ0v) is 15.5. The molecule has 0 saturated carbocycles. The van der Waals surface area contributed by atoms with E-state index in [0.717, 1.165) is 30.8 Å². The third-order valence-electron chi connectivity index (χ3n) is 5.26. The van der Waals surface area contributed by atoms with Crippen LogP contribution in [-0.4, -0.2) is 33.2 Å². The molecule has 5 nitrogen and oxygen atoms in total. The molecule has 1 amide bonds. The van der Waals surface area contributed by atoms with Gasteiger partial charge >= 0.3 is 0 Å². The lowest BCUT2D eigenvalue weighted by molar-refractivity contribution is -0.126. The molecular weight excluding hydrogens is 336 g/mol. The predicted octanol–water partition coefficient (Wildman–Crippen LogP) is 2.94. The topological polar surface area (TPSA) is 50.2 Å². The second-order valence-corrected chi connectivity index (χ2v) is 7.00. The zero-order valence-electron chi connectivity index (χ0n) is 15.5. The fraction of sp³-hybridized carbons (Fsp3) is 0.273. The average molecular weight is 360 g/mol. The number of hydrogen-bond acceptors (Lipinski definition) is 3. The summed E-state index contributed by atoms with van der Waals surface area (Å²) in [5, 5.41) is 7.29. The zero-order chi connectivity index (χ0) is 18.6. The number of fused-ring (bicyclic) bond motifs is 1. The van der Waals surface area contributed by atoms with Gasteiger partial charge < -0.3 is 5.32 Å². The van der Waals surface area contributed by atoms with Gasteiger partial charge in [-0.3, -0.25) is 9.69 Å². The second kappa shape index (κ2) is 7.76. The van der Waals surface area contributed by atoms with Gasteiger partial charge in [-0.1, -0.05) is 36.4 Å². The van der Waals surface area contributed by atoms with Crippen molar-refractivity contribution in [2.24, 2.45) is 0 Å². The summed E-state index contributed by atoms with van der Waals surface area (Å²) in [6.07, 6.45) is 4.67. The SMILES string of the molecule is C[C@@H](C(=O)NCc1ccc(-n2cccn2)cc1)N1CCc2ccccc2C1. The van der Waals surface area contributed by atoms with Crippen LogP contribution in [0.1, 0.15) is 23.6 Å². The molecule has 0 unspecified atom stereocenters. The molecular formula is C22H24N4O. The Labute approximate surface area is 159 Å². The van der Waals surface area contributed by atoms with Crippen molar-refractivity contribution in [3.63, 3.8) is 0 Å². The third-order valence-corrected chi connectivity index (χ3v) is 5.26. The molecule has 138 valence electrons. The summed E-state index contributed by atoms with van der Waals surface area (Å²) in [5.41, 5.74) is 4.82. The summed E-state index contributed by atoms with van der Waals surface area (Å²) >= 11 is 0. The number of nitrogens with zero attached hydrogens (tertiary/aromatic N) is 3. The largest absolute Gasteiger partial charge is 0.351 e. The average Bonchev–Trinajstić information content (AvgIpc) is 3.26. The second-order valence-electron chi connectivity index (χ2n) is 7.00. The predicted molar refractivity (Wildman–Crippen MR) is 105 cm³/mol. The molecule has 2 heterocycles. The molecule has 0 aliphatic carbocycles. The van der Waals surface area contributed by atoms with Gasteiger partial charge in [0, 0.05) is 32.0 Å². The van der Waals surface area contributed by atoms with Gasteiger partial charge in [0.15, 0.2) is 0 Å². The van der Waals surface area contributed by atoms with Crippen LogP contribution in [0, 0.1) is 0 Å². The Kier molecular flexibility index (Phi) is 5.03. The van der Waals surface area contributed by atoms with Crippen LogP contribution in [0.4, 0.5) is 0 Å². The van der Waals surface area contributed by atoms with E-state index in [-0.39, 0.29) is 11.9 Å². The van der Waals surface area contributed by atoms with Crippen LogP contribution < -0.4 is 5.32 Å². The van der Waals surface area contributed by atoms with E-state index in [1.165, 1.54) is 11.1 Å². The van der Waals surface area contributed by atoms with Gasteiger partial charge in [-0.15, -0.1) is 0 Å². The van der Waals surface area contributed by atoms with Gasteiger partial charge in [-0.25, -0.2) is 4.68 Å². The molecule has 0 saturated heterocycles. The number of nitrogens with one attached hydrogen (secondary N) is 1. The maximum atomic E-state index is 12.6. The number of aromatic nitrogens is 2. The highest BCUT2D eigenvalue weighted by molar-refractivity contribution is 5.81. The maximum Gasteiger partial charge on any atom is 0.237 e. The molecule has 27 heavy (non-hydrogen) atoms. The van der Waals surface area contributed by atoms with Crippen LogP contribution in [0.25, 0.3) is 5.69 Å². The first-order chi connectivity index (χ1) is 13.2. The van der Waals surface area contributed by atoms with Crippen molar-refractivity contribution in [1.82, 2.24) is 20.0 Å². The van der Waals surface area contributed by atoms with E-state index in [0.29, 0.717) is 6.54 Å². The maximum absolute atomic E-state index is 12.6.